The van der Waals surface area contributed by atoms with Crippen LogP contribution in [-0.2, 0) is 19.1 Å². The van der Waals surface area contributed by atoms with Crippen LogP contribution in [0.5, 0.6) is 0 Å². The number of primary amides is 1. The third kappa shape index (κ3) is 10.4. The number of rotatable bonds is 13. The molecule has 4 N–H and O–H groups in total. The van der Waals surface area contributed by atoms with Gasteiger partial charge in [-0.2, -0.15) is 0 Å². The zero-order valence-corrected chi connectivity index (χ0v) is 26.6. The highest BCUT2D eigenvalue weighted by Gasteiger charge is 2.37. The van der Waals surface area contributed by atoms with Gasteiger partial charge in [-0.1, -0.05) is 68.1 Å². The largest absolute Gasteiger partial charge is 0.444 e. The van der Waals surface area contributed by atoms with E-state index in [1.54, 1.807) is 32.9 Å². The Morgan fingerprint density at radius 2 is 1.67 bits per heavy atom. The Bertz CT molecular complexity index is 1250. The minimum absolute atomic E-state index is 0.205. The summed E-state index contributed by atoms with van der Waals surface area (Å²) in [6.07, 6.45) is 2.02. The number of carbonyl (C=O) groups excluding carboxylic acids is 4. The second-order valence-corrected chi connectivity index (χ2v) is 12.0. The van der Waals surface area contributed by atoms with Crippen molar-refractivity contribution in [3.8, 4) is 0 Å². The molecule has 0 aliphatic carbocycles. The van der Waals surface area contributed by atoms with Crippen molar-refractivity contribution in [3.05, 3.63) is 63.7 Å². The van der Waals surface area contributed by atoms with Crippen LogP contribution in [0.25, 0.3) is 0 Å². The number of carbonyl (C=O) groups is 4. The van der Waals surface area contributed by atoms with Crippen molar-refractivity contribution >= 4 is 41.1 Å². The first-order chi connectivity index (χ1) is 19.6. The smallest absolute Gasteiger partial charge is 0.408 e. The van der Waals surface area contributed by atoms with Crippen molar-refractivity contribution in [1.29, 1.82) is 0 Å². The fraction of sp³-hybridized carbons (Fsp3) is 0.500. The Balaban J connectivity index is 2.63. The van der Waals surface area contributed by atoms with Crippen LogP contribution in [0.3, 0.4) is 0 Å². The number of anilines is 1. The molecule has 0 radical (unpaired) electrons. The van der Waals surface area contributed by atoms with Crippen LogP contribution in [0.2, 0.25) is 5.02 Å². The zero-order valence-electron chi connectivity index (χ0n) is 25.8. The minimum Gasteiger partial charge on any atom is -0.444 e. The number of unbranched alkanes of at least 4 members (excludes halogenated alkanes) is 3. The van der Waals surface area contributed by atoms with Gasteiger partial charge in [0.05, 0.1) is 17.1 Å². The minimum atomic E-state index is -1.34. The van der Waals surface area contributed by atoms with E-state index in [4.69, 9.17) is 22.1 Å². The van der Waals surface area contributed by atoms with Gasteiger partial charge in [-0.05, 0) is 76.3 Å². The number of ether oxygens (including phenoxy) is 1. The van der Waals surface area contributed by atoms with Gasteiger partial charge in [0.2, 0.25) is 11.8 Å². The van der Waals surface area contributed by atoms with E-state index in [9.17, 15) is 19.2 Å². The predicted octanol–water partition coefficient (Wildman–Crippen LogP) is 6.12. The van der Waals surface area contributed by atoms with Crippen molar-refractivity contribution in [3.63, 3.8) is 0 Å². The fourth-order valence-corrected chi connectivity index (χ4v) is 4.79. The van der Waals surface area contributed by atoms with Crippen molar-refractivity contribution < 1.29 is 23.9 Å². The molecule has 2 rings (SSSR count). The number of nitrogens with two attached hydrogens (primary N) is 1. The molecule has 0 aromatic heterocycles. The van der Waals surface area contributed by atoms with Gasteiger partial charge in [0.15, 0.2) is 0 Å². The molecule has 0 heterocycles. The molecule has 10 heteroatoms. The van der Waals surface area contributed by atoms with E-state index in [0.717, 1.165) is 36.0 Å². The van der Waals surface area contributed by atoms with Crippen LogP contribution in [-0.4, -0.2) is 46.9 Å². The Morgan fingerprint density at radius 1 is 0.976 bits per heavy atom. The molecular weight excluding hydrogens is 556 g/mol. The summed E-state index contributed by atoms with van der Waals surface area (Å²) < 4.78 is 5.35. The maximum Gasteiger partial charge on any atom is 0.408 e. The van der Waals surface area contributed by atoms with Crippen molar-refractivity contribution in [2.45, 2.75) is 98.3 Å². The van der Waals surface area contributed by atoms with Crippen LogP contribution in [0.1, 0.15) is 88.1 Å². The molecule has 42 heavy (non-hydrogen) atoms. The van der Waals surface area contributed by atoms with E-state index in [0.29, 0.717) is 22.7 Å². The number of para-hydroxylation sites is 1. The van der Waals surface area contributed by atoms with E-state index in [1.165, 1.54) is 4.90 Å². The Hall–Kier alpha value is -3.59. The Labute approximate surface area is 254 Å². The van der Waals surface area contributed by atoms with Gasteiger partial charge in [0.25, 0.3) is 5.91 Å². The molecular formula is C32H45ClN4O5. The highest BCUT2D eigenvalue weighted by atomic mass is 35.5. The average Bonchev–Trinajstić information content (AvgIpc) is 2.87. The molecule has 2 unspecified atom stereocenters. The molecule has 2 aromatic rings. The zero-order chi connectivity index (χ0) is 31.6. The molecule has 0 aliphatic rings. The van der Waals surface area contributed by atoms with Crippen molar-refractivity contribution in [2.24, 2.45) is 5.73 Å². The molecule has 230 valence electrons. The lowest BCUT2D eigenvalue weighted by atomic mass is 9.97. The number of benzene rings is 2. The summed E-state index contributed by atoms with van der Waals surface area (Å²) in [6.45, 7) is 13.1. The van der Waals surface area contributed by atoms with Crippen LogP contribution in [0.15, 0.2) is 36.4 Å². The summed E-state index contributed by atoms with van der Waals surface area (Å²) in [5.74, 6) is -1.88. The summed E-state index contributed by atoms with van der Waals surface area (Å²) in [7, 11) is 0. The average molecular weight is 601 g/mol. The molecule has 0 bridgehead atoms. The van der Waals surface area contributed by atoms with Gasteiger partial charge < -0.3 is 26.0 Å². The van der Waals surface area contributed by atoms with Gasteiger partial charge in [0, 0.05) is 6.54 Å². The Kier molecular flexibility index (Phi) is 12.8. The molecule has 0 saturated carbocycles. The number of aryl methyl sites for hydroxylation is 3. The molecule has 2 aromatic carbocycles. The van der Waals surface area contributed by atoms with Gasteiger partial charge >= 0.3 is 6.09 Å². The summed E-state index contributed by atoms with van der Waals surface area (Å²) in [5, 5.41) is 5.81. The summed E-state index contributed by atoms with van der Waals surface area (Å²) in [6, 6.07) is 8.43. The standard InChI is InChI=1S/C32H45ClN4O5/c1-8-9-10-11-17-37(30(40)25(19-26(34)38)35-31(41)42-32(5,6)7)28(23-16-15-20(2)22(4)18-23)29(39)36-27-21(3)13-12-14-24(27)33/h12-16,18,25,28H,8-11,17,19H2,1-7H3,(H2,34,38)(H,35,41)(H,36,39). The number of nitrogens with zero attached hydrogens (tertiary/aromatic N) is 1. The quantitative estimate of drug-likeness (QED) is 0.238. The lowest BCUT2D eigenvalue weighted by Crippen LogP contribution is -2.53. The molecule has 0 spiro atoms. The first-order valence-corrected chi connectivity index (χ1v) is 14.7. The van der Waals surface area contributed by atoms with Gasteiger partial charge in [-0.3, -0.25) is 14.4 Å². The number of amides is 4. The molecule has 0 aliphatic heterocycles. The van der Waals surface area contributed by atoms with Gasteiger partial charge in [-0.25, -0.2) is 4.79 Å². The van der Waals surface area contributed by atoms with Crippen molar-refractivity contribution in [2.75, 3.05) is 11.9 Å². The van der Waals surface area contributed by atoms with Crippen LogP contribution < -0.4 is 16.4 Å². The molecule has 9 nitrogen and oxygen atoms in total. The molecule has 0 fully saturated rings. The van der Waals surface area contributed by atoms with E-state index in [2.05, 4.69) is 17.6 Å². The number of nitrogens with one attached hydrogen (secondary N) is 2. The predicted molar refractivity (Wildman–Crippen MR) is 166 cm³/mol. The van der Waals surface area contributed by atoms with Crippen LogP contribution in [0, 0.1) is 20.8 Å². The summed E-state index contributed by atoms with van der Waals surface area (Å²) in [5.41, 5.74) is 8.41. The number of hydrogen-bond donors (Lipinski definition) is 3. The van der Waals surface area contributed by atoms with E-state index >= 15 is 0 Å². The van der Waals surface area contributed by atoms with Crippen LogP contribution >= 0.6 is 11.6 Å². The SMILES string of the molecule is CCCCCCN(C(=O)C(CC(N)=O)NC(=O)OC(C)(C)C)C(C(=O)Nc1c(C)cccc1Cl)c1ccc(C)c(C)c1. The third-order valence-corrected chi connectivity index (χ3v) is 7.12. The highest BCUT2D eigenvalue weighted by molar-refractivity contribution is 6.34. The van der Waals surface area contributed by atoms with E-state index in [1.807, 2.05) is 45.0 Å². The lowest BCUT2D eigenvalue weighted by molar-refractivity contribution is -0.142. The van der Waals surface area contributed by atoms with Gasteiger partial charge in [-0.15, -0.1) is 0 Å². The first-order valence-electron chi connectivity index (χ1n) is 14.4. The Morgan fingerprint density at radius 3 is 2.24 bits per heavy atom. The molecule has 4 amide bonds. The normalized spacial score (nSPS) is 12.7. The monoisotopic (exact) mass is 600 g/mol. The second kappa shape index (κ2) is 15.6. The van der Waals surface area contributed by atoms with Crippen LogP contribution in [0.4, 0.5) is 10.5 Å². The fourth-order valence-electron chi connectivity index (χ4n) is 4.52. The third-order valence-electron chi connectivity index (χ3n) is 6.81. The summed E-state index contributed by atoms with van der Waals surface area (Å²) in [4.78, 5) is 54.5. The molecule has 2 atom stereocenters. The molecule has 0 saturated heterocycles. The highest BCUT2D eigenvalue weighted by Crippen LogP contribution is 2.30. The number of hydrogen-bond acceptors (Lipinski definition) is 5. The number of halogens is 1. The second-order valence-electron chi connectivity index (χ2n) is 11.6. The van der Waals surface area contributed by atoms with E-state index < -0.39 is 47.9 Å². The summed E-state index contributed by atoms with van der Waals surface area (Å²) >= 11 is 6.44. The lowest BCUT2D eigenvalue weighted by Gasteiger charge is -2.34. The maximum atomic E-state index is 14.2. The number of alkyl carbamates (subject to hydrolysis) is 1. The first kappa shape index (κ1) is 34.6. The maximum absolute atomic E-state index is 14.2. The van der Waals surface area contributed by atoms with E-state index in [-0.39, 0.29) is 6.54 Å². The van der Waals surface area contributed by atoms with Crippen molar-refractivity contribution in [1.82, 2.24) is 10.2 Å². The topological polar surface area (TPSA) is 131 Å². The van der Waals surface area contributed by atoms with Gasteiger partial charge in [0.1, 0.15) is 17.7 Å².